The third kappa shape index (κ3) is 2.51. The zero-order chi connectivity index (χ0) is 14.4. The van der Waals surface area contributed by atoms with Crippen molar-refractivity contribution in [3.8, 4) is 10.7 Å². The van der Waals surface area contributed by atoms with E-state index in [2.05, 4.69) is 19.8 Å². The average molecular weight is 302 g/mol. The summed E-state index contributed by atoms with van der Waals surface area (Å²) in [5.41, 5.74) is 0.126. The maximum atomic E-state index is 11.6. The predicted octanol–water partition coefficient (Wildman–Crippen LogP) is 0.507. The van der Waals surface area contributed by atoms with Crippen molar-refractivity contribution in [1.82, 2.24) is 24.4 Å². The number of hydrogen-bond acceptors (Lipinski definition) is 7. The summed E-state index contributed by atoms with van der Waals surface area (Å²) in [4.78, 5) is 0.678. The molecule has 0 radical (unpaired) electrons. The lowest BCUT2D eigenvalue weighted by Gasteiger charge is -2.23. The highest BCUT2D eigenvalue weighted by molar-refractivity contribution is 7.89. The van der Waals surface area contributed by atoms with Gasteiger partial charge in [0.2, 0.25) is 0 Å². The monoisotopic (exact) mass is 302 g/mol. The average Bonchev–Trinajstić information content (AvgIpc) is 2.79. The van der Waals surface area contributed by atoms with Crippen molar-refractivity contribution >= 4 is 21.6 Å². The summed E-state index contributed by atoms with van der Waals surface area (Å²) in [5.74, 6) is 0.407. The summed E-state index contributed by atoms with van der Waals surface area (Å²) in [6.07, 6.45) is 0. The van der Waals surface area contributed by atoms with Gasteiger partial charge in [-0.3, -0.25) is 4.57 Å². The van der Waals surface area contributed by atoms with Gasteiger partial charge in [-0.1, -0.05) is 4.49 Å². The predicted molar refractivity (Wildman–Crippen MR) is 70.0 cm³/mol. The molecule has 0 saturated heterocycles. The summed E-state index contributed by atoms with van der Waals surface area (Å²) in [6, 6.07) is 0. The molecule has 2 heterocycles. The van der Waals surface area contributed by atoms with Crippen LogP contribution in [-0.2, 0) is 15.6 Å². The van der Waals surface area contributed by atoms with Crippen molar-refractivity contribution in [3.05, 3.63) is 5.69 Å². The van der Waals surface area contributed by atoms with Crippen LogP contribution in [0.2, 0.25) is 0 Å². The zero-order valence-corrected chi connectivity index (χ0v) is 12.6. The molecule has 0 atom stereocenters. The van der Waals surface area contributed by atoms with E-state index in [1.165, 1.54) is 4.57 Å². The van der Waals surface area contributed by atoms with Gasteiger partial charge in [-0.25, -0.2) is 13.6 Å². The van der Waals surface area contributed by atoms with Crippen molar-refractivity contribution < 1.29 is 8.42 Å². The first-order valence-corrected chi connectivity index (χ1v) is 7.72. The summed E-state index contributed by atoms with van der Waals surface area (Å²) in [7, 11) is -3.95. The van der Waals surface area contributed by atoms with Gasteiger partial charge in [-0.05, 0) is 39.2 Å². The van der Waals surface area contributed by atoms with Crippen LogP contribution in [0, 0.1) is 6.92 Å². The van der Waals surface area contributed by atoms with Crippen LogP contribution in [0.5, 0.6) is 0 Å². The van der Waals surface area contributed by atoms with E-state index >= 15 is 0 Å². The largest absolute Gasteiger partial charge is 0.291 e. The smallest absolute Gasteiger partial charge is 0.273 e. The minimum absolute atomic E-state index is 0.261. The normalized spacial score (nSPS) is 12.9. The fourth-order valence-corrected chi connectivity index (χ4v) is 3.04. The minimum atomic E-state index is -3.95. The fraction of sp³-hybridized carbons (Fsp3) is 0.556. The lowest BCUT2D eigenvalue weighted by atomic mass is 10.1. The first-order chi connectivity index (χ1) is 8.62. The van der Waals surface area contributed by atoms with Crippen LogP contribution in [0.25, 0.3) is 10.7 Å². The molecular formula is C9H14N6O2S2. The molecule has 0 spiro atoms. The third-order valence-corrected chi connectivity index (χ3v) is 4.01. The van der Waals surface area contributed by atoms with Gasteiger partial charge >= 0.3 is 0 Å². The molecule has 2 aromatic heterocycles. The van der Waals surface area contributed by atoms with Crippen LogP contribution in [-0.4, -0.2) is 32.8 Å². The van der Waals surface area contributed by atoms with Crippen molar-refractivity contribution in [2.75, 3.05) is 0 Å². The van der Waals surface area contributed by atoms with Crippen LogP contribution < -0.4 is 5.14 Å². The van der Waals surface area contributed by atoms with Crippen molar-refractivity contribution in [2.24, 2.45) is 5.14 Å². The Bertz CT molecular complexity index is 709. The molecule has 0 fully saturated rings. The summed E-state index contributed by atoms with van der Waals surface area (Å²) in [5, 5.41) is 16.5. The molecule has 10 heteroatoms. The van der Waals surface area contributed by atoms with Gasteiger partial charge in [0.15, 0.2) is 5.82 Å². The molecule has 2 rings (SSSR count). The lowest BCUT2D eigenvalue weighted by molar-refractivity contribution is 0.366. The van der Waals surface area contributed by atoms with Crippen molar-refractivity contribution in [3.63, 3.8) is 0 Å². The van der Waals surface area contributed by atoms with Crippen LogP contribution in [0.3, 0.4) is 0 Å². The van der Waals surface area contributed by atoms with E-state index < -0.39 is 15.6 Å². The number of nitrogens with zero attached hydrogens (tertiary/aromatic N) is 5. The van der Waals surface area contributed by atoms with Crippen LogP contribution in [0.4, 0.5) is 0 Å². The van der Waals surface area contributed by atoms with Gasteiger partial charge in [0.1, 0.15) is 4.88 Å². The van der Waals surface area contributed by atoms with Crippen molar-refractivity contribution in [2.45, 2.75) is 38.4 Å². The Kier molecular flexibility index (Phi) is 3.19. The Balaban J connectivity index is 2.79. The second-order valence-corrected chi connectivity index (χ2v) is 7.25. The minimum Gasteiger partial charge on any atom is -0.291 e. The number of sulfonamides is 1. The lowest BCUT2D eigenvalue weighted by Crippen LogP contribution is -2.29. The summed E-state index contributed by atoms with van der Waals surface area (Å²) >= 11 is 1.14. The molecule has 0 aliphatic carbocycles. The molecule has 19 heavy (non-hydrogen) atoms. The fourth-order valence-electron chi connectivity index (χ4n) is 1.64. The van der Waals surface area contributed by atoms with Gasteiger partial charge in [0, 0.05) is 5.54 Å². The number of primary sulfonamides is 1. The van der Waals surface area contributed by atoms with Gasteiger partial charge in [-0.15, -0.1) is 15.3 Å². The van der Waals surface area contributed by atoms with E-state index in [0.717, 1.165) is 11.5 Å². The highest BCUT2D eigenvalue weighted by Gasteiger charge is 2.30. The number of aryl methyl sites for hydroxylation is 1. The quantitative estimate of drug-likeness (QED) is 0.863. The standard InChI is InChI=1S/C9H14N6O2S2/c1-5-6(18-14-11-5)7-12-13-8(19(10,16)17)15(7)9(2,3)4/h1-4H3,(H2,10,16,17). The number of hydrogen-bond donors (Lipinski definition) is 1. The van der Waals surface area contributed by atoms with Crippen LogP contribution >= 0.6 is 11.5 Å². The molecule has 0 saturated carbocycles. The molecule has 0 aliphatic heterocycles. The molecule has 2 aromatic rings. The molecule has 0 bridgehead atoms. The van der Waals surface area contributed by atoms with Gasteiger partial charge in [0.25, 0.3) is 15.2 Å². The van der Waals surface area contributed by atoms with E-state index in [1.54, 1.807) is 6.92 Å². The van der Waals surface area contributed by atoms with Crippen LogP contribution in [0.1, 0.15) is 26.5 Å². The van der Waals surface area contributed by atoms with Crippen molar-refractivity contribution in [1.29, 1.82) is 0 Å². The second-order valence-electron chi connectivity index (χ2n) is 5.04. The van der Waals surface area contributed by atoms with Gasteiger partial charge in [0.05, 0.1) is 5.69 Å². The van der Waals surface area contributed by atoms with E-state index in [1.807, 2.05) is 20.8 Å². The maximum absolute atomic E-state index is 11.6. The second kappa shape index (κ2) is 4.32. The Labute approximate surface area is 114 Å². The molecule has 0 unspecified atom stereocenters. The highest BCUT2D eigenvalue weighted by atomic mass is 32.2. The van der Waals surface area contributed by atoms with E-state index in [-0.39, 0.29) is 5.16 Å². The molecule has 0 amide bonds. The first kappa shape index (κ1) is 14.0. The zero-order valence-electron chi connectivity index (χ0n) is 10.9. The number of nitrogens with two attached hydrogens (primary N) is 1. The molecule has 104 valence electrons. The first-order valence-electron chi connectivity index (χ1n) is 5.40. The van der Waals surface area contributed by atoms with Gasteiger partial charge in [-0.2, -0.15) is 0 Å². The van der Waals surface area contributed by atoms with Crippen LogP contribution in [0.15, 0.2) is 5.16 Å². The molecule has 2 N–H and O–H groups in total. The Morgan fingerprint density at radius 3 is 2.26 bits per heavy atom. The summed E-state index contributed by atoms with van der Waals surface area (Å²) < 4.78 is 28.5. The summed E-state index contributed by atoms with van der Waals surface area (Å²) in [6.45, 7) is 7.31. The van der Waals surface area contributed by atoms with E-state index in [0.29, 0.717) is 16.4 Å². The molecular weight excluding hydrogens is 288 g/mol. The Morgan fingerprint density at radius 2 is 1.84 bits per heavy atom. The number of rotatable bonds is 2. The maximum Gasteiger partial charge on any atom is 0.273 e. The molecule has 8 nitrogen and oxygen atoms in total. The van der Waals surface area contributed by atoms with Gasteiger partial charge < -0.3 is 0 Å². The topological polar surface area (TPSA) is 117 Å². The SMILES string of the molecule is Cc1nnsc1-c1nnc(S(N)(=O)=O)n1C(C)(C)C. The van der Waals surface area contributed by atoms with E-state index in [9.17, 15) is 8.42 Å². The molecule has 0 aliphatic rings. The Morgan fingerprint density at radius 1 is 1.21 bits per heavy atom. The number of aromatic nitrogens is 5. The Hall–Kier alpha value is -1.39. The molecule has 0 aromatic carbocycles. The highest BCUT2D eigenvalue weighted by Crippen LogP contribution is 2.30. The third-order valence-electron chi connectivity index (χ3n) is 2.41. The van der Waals surface area contributed by atoms with E-state index in [4.69, 9.17) is 5.14 Å².